The molecule has 2 aromatic rings. The Morgan fingerprint density at radius 1 is 1.20 bits per heavy atom. The van der Waals surface area contributed by atoms with Gasteiger partial charge in [-0.2, -0.15) is 4.31 Å². The molecule has 0 radical (unpaired) electrons. The van der Waals surface area contributed by atoms with Crippen molar-refractivity contribution in [3.05, 3.63) is 59.9 Å². The van der Waals surface area contributed by atoms with Crippen LogP contribution in [0, 0.1) is 11.7 Å². The lowest BCUT2D eigenvalue weighted by Crippen LogP contribution is -2.39. The van der Waals surface area contributed by atoms with Crippen molar-refractivity contribution in [1.82, 2.24) is 9.21 Å². The highest BCUT2D eigenvalue weighted by Crippen LogP contribution is 2.24. The molecule has 0 bridgehead atoms. The molecule has 0 aliphatic carbocycles. The Hall–Kier alpha value is -2.45. The third kappa shape index (κ3) is 5.17. The van der Waals surface area contributed by atoms with Gasteiger partial charge >= 0.3 is 0 Å². The van der Waals surface area contributed by atoms with E-state index in [4.69, 9.17) is 4.74 Å². The summed E-state index contributed by atoms with van der Waals surface area (Å²) in [6, 6.07) is 12.1. The Morgan fingerprint density at radius 2 is 1.90 bits per heavy atom. The standard InChI is InChI=1S/C22H27FN2O4S/c1-17-6-5-13-25(16-17)30(27,28)19-11-9-18(10-12-19)22(26)24(2)14-15-29-21-8-4-3-7-20(21)23/h3-4,7-12,17H,5-6,13-16H2,1-2H3/t17-/m1/s1. The van der Waals surface area contributed by atoms with Crippen molar-refractivity contribution in [2.24, 2.45) is 5.92 Å². The van der Waals surface area contributed by atoms with Gasteiger partial charge in [-0.15, -0.1) is 0 Å². The van der Waals surface area contributed by atoms with E-state index in [1.807, 2.05) is 0 Å². The van der Waals surface area contributed by atoms with Crippen molar-refractivity contribution in [1.29, 1.82) is 0 Å². The minimum Gasteiger partial charge on any atom is -0.489 e. The van der Waals surface area contributed by atoms with Crippen molar-refractivity contribution in [2.75, 3.05) is 33.3 Å². The zero-order chi connectivity index (χ0) is 21.7. The predicted molar refractivity (Wildman–Crippen MR) is 112 cm³/mol. The zero-order valence-corrected chi connectivity index (χ0v) is 18.1. The Balaban J connectivity index is 1.59. The number of halogens is 1. The second-order valence-corrected chi connectivity index (χ2v) is 9.58. The molecule has 1 atom stereocenters. The van der Waals surface area contributed by atoms with Gasteiger partial charge in [0.2, 0.25) is 10.0 Å². The molecule has 3 rings (SSSR count). The quantitative estimate of drug-likeness (QED) is 0.670. The van der Waals surface area contributed by atoms with Crippen molar-refractivity contribution in [3.63, 3.8) is 0 Å². The van der Waals surface area contributed by atoms with Gasteiger partial charge in [0.25, 0.3) is 5.91 Å². The van der Waals surface area contributed by atoms with E-state index in [0.29, 0.717) is 24.6 Å². The van der Waals surface area contributed by atoms with Crippen molar-refractivity contribution in [2.45, 2.75) is 24.7 Å². The lowest BCUT2D eigenvalue weighted by atomic mass is 10.0. The molecule has 0 unspecified atom stereocenters. The lowest BCUT2D eigenvalue weighted by molar-refractivity contribution is 0.0773. The summed E-state index contributed by atoms with van der Waals surface area (Å²) in [6.07, 6.45) is 1.89. The maximum Gasteiger partial charge on any atom is 0.253 e. The number of ether oxygens (including phenoxy) is 1. The number of amides is 1. The van der Waals surface area contributed by atoms with E-state index in [9.17, 15) is 17.6 Å². The van der Waals surface area contributed by atoms with E-state index in [2.05, 4.69) is 6.92 Å². The first-order valence-electron chi connectivity index (χ1n) is 10.0. The minimum absolute atomic E-state index is 0.139. The topological polar surface area (TPSA) is 66.9 Å². The fourth-order valence-corrected chi connectivity index (χ4v) is 5.06. The number of likely N-dealkylation sites (N-methyl/N-ethyl adjacent to an activating group) is 1. The monoisotopic (exact) mass is 434 g/mol. The molecule has 8 heteroatoms. The molecule has 162 valence electrons. The second-order valence-electron chi connectivity index (χ2n) is 7.64. The third-order valence-electron chi connectivity index (χ3n) is 5.23. The van der Waals surface area contributed by atoms with E-state index < -0.39 is 15.8 Å². The Morgan fingerprint density at radius 3 is 2.57 bits per heavy atom. The summed E-state index contributed by atoms with van der Waals surface area (Å²) >= 11 is 0. The average molecular weight is 435 g/mol. The fourth-order valence-electron chi connectivity index (χ4n) is 3.46. The summed E-state index contributed by atoms with van der Waals surface area (Å²) < 4.78 is 46.1. The lowest BCUT2D eigenvalue weighted by Gasteiger charge is -2.30. The van der Waals surface area contributed by atoms with Gasteiger partial charge < -0.3 is 9.64 Å². The van der Waals surface area contributed by atoms with Gasteiger partial charge in [0.05, 0.1) is 11.4 Å². The maximum absolute atomic E-state index is 13.6. The molecular weight excluding hydrogens is 407 g/mol. The van der Waals surface area contributed by atoms with Crippen LogP contribution in [-0.2, 0) is 10.0 Å². The van der Waals surface area contributed by atoms with Crippen LogP contribution in [0.2, 0.25) is 0 Å². The number of piperidine rings is 1. The van der Waals surface area contributed by atoms with Crippen LogP contribution in [0.5, 0.6) is 5.75 Å². The number of nitrogens with zero attached hydrogens (tertiary/aromatic N) is 2. The molecule has 1 aliphatic rings. The summed E-state index contributed by atoms with van der Waals surface area (Å²) in [7, 11) is -1.94. The van der Waals surface area contributed by atoms with Crippen LogP contribution < -0.4 is 4.74 Å². The number of hydrogen-bond donors (Lipinski definition) is 0. The molecule has 1 aliphatic heterocycles. The molecule has 6 nitrogen and oxygen atoms in total. The smallest absolute Gasteiger partial charge is 0.253 e. The first-order chi connectivity index (χ1) is 14.3. The van der Waals surface area contributed by atoms with Crippen LogP contribution in [0.3, 0.4) is 0 Å². The summed E-state index contributed by atoms with van der Waals surface area (Å²) in [4.78, 5) is 14.2. The molecule has 1 fully saturated rings. The number of rotatable bonds is 7. The Kier molecular flexibility index (Phi) is 7.10. The van der Waals surface area contributed by atoms with Gasteiger partial charge in [-0.1, -0.05) is 19.1 Å². The normalized spacial score (nSPS) is 17.5. The summed E-state index contributed by atoms with van der Waals surface area (Å²) in [5, 5.41) is 0. The SMILES string of the molecule is C[C@@H]1CCCN(S(=O)(=O)c2ccc(C(=O)N(C)CCOc3ccccc3F)cc2)C1. The number of sulfonamides is 1. The molecular formula is C22H27FN2O4S. The van der Waals surface area contributed by atoms with E-state index in [1.165, 1.54) is 45.6 Å². The number of para-hydroxylation sites is 1. The first kappa shape index (κ1) is 22.2. The highest BCUT2D eigenvalue weighted by Gasteiger charge is 2.28. The average Bonchev–Trinajstić information content (AvgIpc) is 2.74. The molecule has 0 spiro atoms. The predicted octanol–water partition coefficient (Wildman–Crippen LogP) is 3.40. The van der Waals surface area contributed by atoms with Crippen molar-refractivity contribution < 1.29 is 22.3 Å². The molecule has 0 saturated carbocycles. The molecule has 1 amide bonds. The van der Waals surface area contributed by atoms with Gasteiger partial charge in [0.1, 0.15) is 6.61 Å². The molecule has 30 heavy (non-hydrogen) atoms. The van der Waals surface area contributed by atoms with Gasteiger partial charge in [-0.3, -0.25) is 4.79 Å². The van der Waals surface area contributed by atoms with E-state index >= 15 is 0 Å². The first-order valence-corrected chi connectivity index (χ1v) is 11.5. The van der Waals surface area contributed by atoms with Gasteiger partial charge in [0.15, 0.2) is 11.6 Å². The van der Waals surface area contributed by atoms with Gasteiger partial charge in [-0.05, 0) is 55.2 Å². The van der Waals surface area contributed by atoms with Crippen molar-refractivity contribution in [3.8, 4) is 5.75 Å². The van der Waals surface area contributed by atoms with Crippen LogP contribution >= 0.6 is 0 Å². The van der Waals surface area contributed by atoms with E-state index in [-0.39, 0.29) is 29.7 Å². The Bertz CT molecular complexity index is 979. The minimum atomic E-state index is -3.55. The van der Waals surface area contributed by atoms with Crippen LogP contribution in [0.1, 0.15) is 30.1 Å². The molecule has 1 saturated heterocycles. The molecule has 0 N–H and O–H groups in total. The van der Waals surface area contributed by atoms with Crippen LogP contribution in [0.15, 0.2) is 53.4 Å². The number of hydrogen-bond acceptors (Lipinski definition) is 4. The summed E-state index contributed by atoms with van der Waals surface area (Å²) in [5.74, 6) is -0.233. The van der Waals surface area contributed by atoms with Crippen LogP contribution in [-0.4, -0.2) is 56.8 Å². The van der Waals surface area contributed by atoms with Crippen molar-refractivity contribution >= 4 is 15.9 Å². The van der Waals surface area contributed by atoms with Crippen LogP contribution in [0.25, 0.3) is 0 Å². The largest absolute Gasteiger partial charge is 0.489 e. The Labute approximate surface area is 177 Å². The second kappa shape index (κ2) is 9.57. The number of carbonyl (C=O) groups is 1. The van der Waals surface area contributed by atoms with E-state index in [0.717, 1.165) is 12.8 Å². The van der Waals surface area contributed by atoms with Crippen LogP contribution in [0.4, 0.5) is 4.39 Å². The highest BCUT2D eigenvalue weighted by molar-refractivity contribution is 7.89. The summed E-state index contributed by atoms with van der Waals surface area (Å²) in [5.41, 5.74) is 0.384. The van der Waals surface area contributed by atoms with Gasteiger partial charge in [-0.25, -0.2) is 12.8 Å². The molecule has 2 aromatic carbocycles. The number of benzene rings is 2. The highest BCUT2D eigenvalue weighted by atomic mass is 32.2. The summed E-state index contributed by atoms with van der Waals surface area (Å²) in [6.45, 7) is 3.50. The van der Waals surface area contributed by atoms with E-state index in [1.54, 1.807) is 19.2 Å². The fraction of sp³-hybridized carbons (Fsp3) is 0.409. The molecule has 1 heterocycles. The maximum atomic E-state index is 13.6. The third-order valence-corrected chi connectivity index (χ3v) is 7.11. The van der Waals surface area contributed by atoms with Gasteiger partial charge in [0, 0.05) is 25.7 Å². The molecule has 0 aromatic heterocycles. The number of carbonyl (C=O) groups excluding carboxylic acids is 1. The zero-order valence-electron chi connectivity index (χ0n) is 17.3.